The normalized spacial score (nSPS) is 10.3. The molecule has 5 nitrogen and oxygen atoms in total. The predicted molar refractivity (Wildman–Crippen MR) is 85.7 cm³/mol. The monoisotopic (exact) mass is 307 g/mol. The van der Waals surface area contributed by atoms with E-state index in [-0.39, 0.29) is 0 Å². The summed E-state index contributed by atoms with van der Waals surface area (Å²) in [7, 11) is 3.08. The van der Waals surface area contributed by atoms with E-state index in [2.05, 4.69) is 0 Å². The maximum Gasteiger partial charge on any atom is 0.344 e. The summed E-state index contributed by atoms with van der Waals surface area (Å²) in [5, 5.41) is 9.79. The molecule has 2 aromatic carbocycles. The van der Waals surface area contributed by atoms with Crippen LogP contribution in [-0.2, 0) is 0 Å². The Hall–Kier alpha value is -3.26. The average molecular weight is 307 g/mol. The van der Waals surface area contributed by atoms with Crippen LogP contribution in [0.5, 0.6) is 11.5 Å². The van der Waals surface area contributed by atoms with Crippen molar-refractivity contribution in [2.45, 2.75) is 0 Å². The Kier molecular flexibility index (Phi) is 3.73. The van der Waals surface area contributed by atoms with Crippen LogP contribution in [0.4, 0.5) is 0 Å². The number of benzene rings is 2. The van der Waals surface area contributed by atoms with Gasteiger partial charge in [-0.3, -0.25) is 0 Å². The molecular formula is C18H13NO4. The summed E-state index contributed by atoms with van der Waals surface area (Å²) >= 11 is 0. The lowest BCUT2D eigenvalue weighted by Crippen LogP contribution is -2.03. The molecule has 0 aliphatic rings. The Labute approximate surface area is 132 Å². The lowest BCUT2D eigenvalue weighted by atomic mass is 10.0. The highest BCUT2D eigenvalue weighted by Gasteiger charge is 2.12. The van der Waals surface area contributed by atoms with Crippen LogP contribution >= 0.6 is 0 Å². The van der Waals surface area contributed by atoms with E-state index in [9.17, 15) is 4.79 Å². The van der Waals surface area contributed by atoms with E-state index in [1.54, 1.807) is 56.7 Å². The molecule has 0 saturated carbocycles. The molecule has 0 unspecified atom stereocenters. The van der Waals surface area contributed by atoms with Crippen LogP contribution in [0.1, 0.15) is 5.56 Å². The third kappa shape index (κ3) is 2.62. The van der Waals surface area contributed by atoms with Crippen molar-refractivity contribution in [1.29, 1.82) is 5.26 Å². The molecule has 0 N–H and O–H groups in total. The standard InChI is InChI=1S/C18H13NO4/c1-21-14-6-13(7-15(9-14)22-2)16-8-11-4-3-5-12(10-19)17(11)23-18(16)20/h3-9H,1-2H3. The topological polar surface area (TPSA) is 72.5 Å². The smallest absolute Gasteiger partial charge is 0.344 e. The maximum atomic E-state index is 12.3. The third-order valence-corrected chi connectivity index (χ3v) is 3.54. The molecule has 3 rings (SSSR count). The van der Waals surface area contributed by atoms with E-state index in [4.69, 9.17) is 19.2 Å². The minimum atomic E-state index is -0.518. The van der Waals surface area contributed by atoms with Crippen molar-refractivity contribution >= 4 is 11.0 Å². The Morgan fingerprint density at radius 1 is 1.04 bits per heavy atom. The van der Waals surface area contributed by atoms with Gasteiger partial charge in [-0.25, -0.2) is 4.79 Å². The molecule has 5 heteroatoms. The third-order valence-electron chi connectivity index (χ3n) is 3.54. The fraction of sp³-hybridized carbons (Fsp3) is 0.111. The van der Waals surface area contributed by atoms with Crippen LogP contribution < -0.4 is 15.1 Å². The highest BCUT2D eigenvalue weighted by Crippen LogP contribution is 2.30. The first kappa shape index (κ1) is 14.7. The second-order valence-corrected chi connectivity index (χ2v) is 4.88. The van der Waals surface area contributed by atoms with Crippen molar-refractivity contribution in [3.8, 4) is 28.7 Å². The number of nitriles is 1. The molecule has 1 aromatic heterocycles. The summed E-state index contributed by atoms with van der Waals surface area (Å²) in [6, 6.07) is 14.1. The fourth-order valence-electron chi connectivity index (χ4n) is 2.40. The van der Waals surface area contributed by atoms with E-state index in [1.165, 1.54) is 0 Å². The Balaban J connectivity index is 2.27. The van der Waals surface area contributed by atoms with E-state index < -0.39 is 5.63 Å². The maximum absolute atomic E-state index is 12.3. The van der Waals surface area contributed by atoms with Crippen LogP contribution in [0.25, 0.3) is 22.1 Å². The molecule has 114 valence electrons. The van der Waals surface area contributed by atoms with Gasteiger partial charge < -0.3 is 13.9 Å². The molecule has 0 aliphatic carbocycles. The highest BCUT2D eigenvalue weighted by molar-refractivity contribution is 5.86. The van der Waals surface area contributed by atoms with E-state index >= 15 is 0 Å². The van der Waals surface area contributed by atoms with Gasteiger partial charge in [-0.2, -0.15) is 5.26 Å². The van der Waals surface area contributed by atoms with E-state index in [0.717, 1.165) is 0 Å². The van der Waals surface area contributed by atoms with E-state index in [1.807, 2.05) is 6.07 Å². The number of fused-ring (bicyclic) bond motifs is 1. The zero-order valence-corrected chi connectivity index (χ0v) is 12.6. The second kappa shape index (κ2) is 5.85. The summed E-state index contributed by atoms with van der Waals surface area (Å²) in [5.74, 6) is 1.15. The van der Waals surface area contributed by atoms with Gasteiger partial charge in [-0.15, -0.1) is 0 Å². The molecule has 0 saturated heterocycles. The van der Waals surface area contributed by atoms with Crippen LogP contribution in [0.3, 0.4) is 0 Å². The number of para-hydroxylation sites is 1. The van der Waals surface area contributed by atoms with Crippen molar-refractivity contribution in [1.82, 2.24) is 0 Å². The molecule has 1 heterocycles. The van der Waals surface area contributed by atoms with Crippen LogP contribution in [0.15, 0.2) is 51.7 Å². The van der Waals surface area contributed by atoms with Gasteiger partial charge in [0.05, 0.1) is 25.3 Å². The SMILES string of the molecule is COc1cc(OC)cc(-c2cc3cccc(C#N)c3oc2=O)c1. The van der Waals surface area contributed by atoms with Crippen molar-refractivity contribution < 1.29 is 13.9 Å². The van der Waals surface area contributed by atoms with Gasteiger partial charge in [0.2, 0.25) is 0 Å². The zero-order chi connectivity index (χ0) is 16.4. The quantitative estimate of drug-likeness (QED) is 0.694. The second-order valence-electron chi connectivity index (χ2n) is 4.88. The number of methoxy groups -OCH3 is 2. The van der Waals surface area contributed by atoms with Gasteiger partial charge >= 0.3 is 5.63 Å². The molecule has 0 atom stereocenters. The molecular weight excluding hydrogens is 294 g/mol. The highest BCUT2D eigenvalue weighted by atomic mass is 16.5. The van der Waals surface area contributed by atoms with Crippen molar-refractivity contribution in [2.75, 3.05) is 14.2 Å². The Morgan fingerprint density at radius 2 is 1.74 bits per heavy atom. The molecule has 0 fully saturated rings. The molecule has 23 heavy (non-hydrogen) atoms. The van der Waals surface area contributed by atoms with Gasteiger partial charge in [0.25, 0.3) is 0 Å². The molecule has 0 spiro atoms. The first-order valence-corrected chi connectivity index (χ1v) is 6.86. The predicted octanol–water partition coefficient (Wildman–Crippen LogP) is 3.35. The van der Waals surface area contributed by atoms with Gasteiger partial charge in [0, 0.05) is 11.5 Å². The summed E-state index contributed by atoms with van der Waals surface area (Å²) < 4.78 is 15.8. The summed E-state index contributed by atoms with van der Waals surface area (Å²) in [4.78, 5) is 12.3. The molecule has 0 radical (unpaired) electrons. The summed E-state index contributed by atoms with van der Waals surface area (Å²) in [5.41, 5.74) is 1.10. The number of hydrogen-bond acceptors (Lipinski definition) is 5. The van der Waals surface area contributed by atoms with Crippen LogP contribution in [-0.4, -0.2) is 14.2 Å². The zero-order valence-electron chi connectivity index (χ0n) is 12.6. The first-order valence-electron chi connectivity index (χ1n) is 6.86. The minimum absolute atomic E-state index is 0.290. The molecule has 0 aliphatic heterocycles. The lowest BCUT2D eigenvalue weighted by Gasteiger charge is -2.08. The largest absolute Gasteiger partial charge is 0.497 e. The number of hydrogen-bond donors (Lipinski definition) is 0. The van der Waals surface area contributed by atoms with E-state index in [0.29, 0.717) is 39.2 Å². The summed E-state index contributed by atoms with van der Waals surface area (Å²) in [6.45, 7) is 0. The molecule has 0 bridgehead atoms. The summed E-state index contributed by atoms with van der Waals surface area (Å²) in [6.07, 6.45) is 0. The van der Waals surface area contributed by atoms with Gasteiger partial charge in [-0.05, 0) is 29.8 Å². The number of ether oxygens (including phenoxy) is 2. The fourth-order valence-corrected chi connectivity index (χ4v) is 2.40. The van der Waals surface area contributed by atoms with Gasteiger partial charge in [0.15, 0.2) is 5.58 Å². The van der Waals surface area contributed by atoms with Crippen LogP contribution in [0.2, 0.25) is 0 Å². The van der Waals surface area contributed by atoms with Crippen molar-refractivity contribution in [2.24, 2.45) is 0 Å². The van der Waals surface area contributed by atoms with Crippen LogP contribution in [0, 0.1) is 11.3 Å². The lowest BCUT2D eigenvalue weighted by molar-refractivity contribution is 0.394. The average Bonchev–Trinajstić information content (AvgIpc) is 2.60. The first-order chi connectivity index (χ1) is 11.2. The number of rotatable bonds is 3. The van der Waals surface area contributed by atoms with Crippen molar-refractivity contribution in [3.05, 3.63) is 58.4 Å². The molecule has 0 amide bonds. The molecule has 3 aromatic rings. The number of nitrogens with zero attached hydrogens (tertiary/aromatic N) is 1. The Morgan fingerprint density at radius 3 is 2.35 bits per heavy atom. The van der Waals surface area contributed by atoms with Crippen molar-refractivity contribution in [3.63, 3.8) is 0 Å². The minimum Gasteiger partial charge on any atom is -0.497 e. The van der Waals surface area contributed by atoms with Gasteiger partial charge in [0.1, 0.15) is 17.6 Å². The Bertz CT molecular complexity index is 960. The van der Waals surface area contributed by atoms with Gasteiger partial charge in [-0.1, -0.05) is 12.1 Å².